The molecule has 0 aliphatic carbocycles. The highest BCUT2D eigenvalue weighted by Crippen LogP contribution is 2.41. The molecule has 0 aromatic carbocycles. The molecule has 0 unspecified atom stereocenters. The molecule has 2 aromatic heterocycles. The molecule has 1 aliphatic heterocycles. The molecule has 1 atom stereocenters. The van der Waals surface area contributed by atoms with Crippen LogP contribution in [-0.4, -0.2) is 33.0 Å². The smallest absolute Gasteiger partial charge is 0.190 e. The van der Waals surface area contributed by atoms with Gasteiger partial charge in [-0.2, -0.15) is 0 Å². The summed E-state index contributed by atoms with van der Waals surface area (Å²) in [6.07, 6.45) is 1.82. The number of aromatic nitrogens is 2. The molecule has 0 saturated heterocycles. The molecule has 3 heterocycles. The quantitative estimate of drug-likeness (QED) is 0.664. The number of hydrogen-bond acceptors (Lipinski definition) is 7. The fraction of sp³-hybridized carbons (Fsp3) is 0.571. The summed E-state index contributed by atoms with van der Waals surface area (Å²) >= 11 is 3.06. The number of thioether (sulfide) groups is 1. The van der Waals surface area contributed by atoms with E-state index < -0.39 is 0 Å². The maximum absolute atomic E-state index is 8.91. The van der Waals surface area contributed by atoms with Crippen molar-refractivity contribution in [3.63, 3.8) is 0 Å². The molecule has 0 saturated carbocycles. The first-order chi connectivity index (χ1) is 10.1. The Morgan fingerprint density at radius 3 is 3.00 bits per heavy atom. The Labute approximate surface area is 131 Å². The van der Waals surface area contributed by atoms with E-state index in [0.29, 0.717) is 23.3 Å². The SMILES string of the molecule is CC[C@]1(C)Cc2c(sc3nc(SCCO)nc(N)c23)CO1. The summed E-state index contributed by atoms with van der Waals surface area (Å²) in [7, 11) is 0. The number of aliphatic hydroxyl groups is 1. The lowest BCUT2D eigenvalue weighted by Crippen LogP contribution is -2.33. The Balaban J connectivity index is 2.05. The van der Waals surface area contributed by atoms with Gasteiger partial charge < -0.3 is 15.6 Å². The number of thiophene rings is 1. The van der Waals surface area contributed by atoms with Crippen LogP contribution >= 0.6 is 23.1 Å². The summed E-state index contributed by atoms with van der Waals surface area (Å²) in [4.78, 5) is 11.1. The van der Waals surface area contributed by atoms with Gasteiger partial charge in [0.2, 0.25) is 0 Å². The summed E-state index contributed by atoms with van der Waals surface area (Å²) in [6, 6.07) is 0. The van der Waals surface area contributed by atoms with E-state index in [-0.39, 0.29) is 12.2 Å². The lowest BCUT2D eigenvalue weighted by Gasteiger charge is -2.33. The highest BCUT2D eigenvalue weighted by atomic mass is 32.2. The van der Waals surface area contributed by atoms with Gasteiger partial charge in [-0.05, 0) is 18.9 Å². The monoisotopic (exact) mass is 325 g/mol. The Morgan fingerprint density at radius 1 is 1.48 bits per heavy atom. The van der Waals surface area contributed by atoms with E-state index in [9.17, 15) is 0 Å². The predicted octanol–water partition coefficient (Wildman–Crippen LogP) is 2.60. The lowest BCUT2D eigenvalue weighted by atomic mass is 9.90. The number of fused-ring (bicyclic) bond motifs is 3. The zero-order valence-corrected chi connectivity index (χ0v) is 13.8. The summed E-state index contributed by atoms with van der Waals surface area (Å²) in [5.41, 5.74) is 7.29. The van der Waals surface area contributed by atoms with E-state index in [1.165, 1.54) is 22.2 Å². The van der Waals surface area contributed by atoms with Crippen molar-refractivity contribution in [2.45, 2.75) is 44.1 Å². The summed E-state index contributed by atoms with van der Waals surface area (Å²) in [5.74, 6) is 1.12. The standard InChI is InChI=1S/C14H19N3O2S2/c1-3-14(2)6-8-9(7-19-14)21-12-10(8)11(15)16-13(17-12)20-5-4-18/h18H,3-7H2,1-2H3,(H2,15,16,17)/t14-/m1/s1. The van der Waals surface area contributed by atoms with E-state index in [4.69, 9.17) is 15.6 Å². The van der Waals surface area contributed by atoms with Crippen LogP contribution in [0, 0.1) is 0 Å². The molecule has 1 aliphatic rings. The van der Waals surface area contributed by atoms with Gasteiger partial charge in [0.05, 0.1) is 24.2 Å². The van der Waals surface area contributed by atoms with Crippen molar-refractivity contribution in [3.8, 4) is 0 Å². The number of rotatable bonds is 4. The predicted molar refractivity (Wildman–Crippen MR) is 86.8 cm³/mol. The minimum atomic E-state index is -0.127. The summed E-state index contributed by atoms with van der Waals surface area (Å²) < 4.78 is 5.99. The zero-order chi connectivity index (χ0) is 15.0. The van der Waals surface area contributed by atoms with Crippen molar-refractivity contribution in [2.24, 2.45) is 0 Å². The van der Waals surface area contributed by atoms with Crippen LogP contribution in [-0.2, 0) is 17.8 Å². The second kappa shape index (κ2) is 5.72. The van der Waals surface area contributed by atoms with Crippen molar-refractivity contribution < 1.29 is 9.84 Å². The van der Waals surface area contributed by atoms with Crippen molar-refractivity contribution >= 4 is 39.1 Å². The highest BCUT2D eigenvalue weighted by molar-refractivity contribution is 7.99. The van der Waals surface area contributed by atoms with Gasteiger partial charge in [-0.25, -0.2) is 9.97 Å². The highest BCUT2D eigenvalue weighted by Gasteiger charge is 2.32. The molecular weight excluding hydrogens is 306 g/mol. The van der Waals surface area contributed by atoms with Crippen molar-refractivity contribution in [1.29, 1.82) is 0 Å². The van der Waals surface area contributed by atoms with Gasteiger partial charge in [-0.15, -0.1) is 11.3 Å². The minimum absolute atomic E-state index is 0.107. The molecule has 3 rings (SSSR count). The summed E-state index contributed by atoms with van der Waals surface area (Å²) in [5, 5.41) is 10.5. The number of nitrogens with two attached hydrogens (primary N) is 1. The van der Waals surface area contributed by atoms with Gasteiger partial charge in [0, 0.05) is 17.1 Å². The second-order valence-corrected chi connectivity index (χ2v) is 7.56. The van der Waals surface area contributed by atoms with Crippen LogP contribution in [0.1, 0.15) is 30.7 Å². The fourth-order valence-electron chi connectivity index (χ4n) is 2.51. The van der Waals surface area contributed by atoms with E-state index >= 15 is 0 Å². The van der Waals surface area contributed by atoms with Crippen LogP contribution in [0.15, 0.2) is 5.16 Å². The third-order valence-electron chi connectivity index (χ3n) is 3.91. The molecule has 0 spiro atoms. The number of hydrogen-bond donors (Lipinski definition) is 2. The molecule has 21 heavy (non-hydrogen) atoms. The summed E-state index contributed by atoms with van der Waals surface area (Å²) in [6.45, 7) is 5.01. The molecule has 2 aromatic rings. The van der Waals surface area contributed by atoms with Crippen molar-refractivity contribution in [3.05, 3.63) is 10.4 Å². The van der Waals surface area contributed by atoms with Crippen LogP contribution in [0.4, 0.5) is 5.82 Å². The first kappa shape index (κ1) is 15.0. The maximum Gasteiger partial charge on any atom is 0.190 e. The Bertz CT molecular complexity index is 674. The minimum Gasteiger partial charge on any atom is -0.396 e. The van der Waals surface area contributed by atoms with Crippen LogP contribution in [0.3, 0.4) is 0 Å². The Kier molecular flexibility index (Phi) is 4.09. The molecule has 7 heteroatoms. The van der Waals surface area contributed by atoms with E-state index in [1.807, 2.05) is 0 Å². The maximum atomic E-state index is 8.91. The number of ether oxygens (including phenoxy) is 1. The molecule has 0 bridgehead atoms. The number of anilines is 1. The lowest BCUT2D eigenvalue weighted by molar-refractivity contribution is -0.0542. The van der Waals surface area contributed by atoms with Gasteiger partial charge in [0.15, 0.2) is 5.16 Å². The van der Waals surface area contributed by atoms with E-state index in [0.717, 1.165) is 23.1 Å². The van der Waals surface area contributed by atoms with Crippen molar-refractivity contribution in [2.75, 3.05) is 18.1 Å². The van der Waals surface area contributed by atoms with Gasteiger partial charge in [-0.3, -0.25) is 0 Å². The fourth-order valence-corrected chi connectivity index (χ4v) is 4.27. The Hall–Kier alpha value is -0.890. The molecule has 5 nitrogen and oxygen atoms in total. The average molecular weight is 325 g/mol. The number of nitrogens with zero attached hydrogens (tertiary/aromatic N) is 2. The normalized spacial score (nSPS) is 21.7. The van der Waals surface area contributed by atoms with Gasteiger partial charge in [0.25, 0.3) is 0 Å². The van der Waals surface area contributed by atoms with Crippen molar-refractivity contribution in [1.82, 2.24) is 9.97 Å². The van der Waals surface area contributed by atoms with Crippen LogP contribution in [0.25, 0.3) is 10.2 Å². The molecule has 0 amide bonds. The van der Waals surface area contributed by atoms with Crippen LogP contribution < -0.4 is 5.73 Å². The van der Waals surface area contributed by atoms with Crippen LogP contribution in [0.5, 0.6) is 0 Å². The zero-order valence-electron chi connectivity index (χ0n) is 12.2. The van der Waals surface area contributed by atoms with Gasteiger partial charge in [0.1, 0.15) is 10.6 Å². The first-order valence-electron chi connectivity index (χ1n) is 7.01. The Morgan fingerprint density at radius 2 is 2.29 bits per heavy atom. The molecule has 0 radical (unpaired) electrons. The van der Waals surface area contributed by atoms with E-state index in [2.05, 4.69) is 23.8 Å². The number of nitrogen functional groups attached to an aromatic ring is 1. The molecule has 3 N–H and O–H groups in total. The third-order valence-corrected chi connectivity index (χ3v) is 5.84. The number of aliphatic hydroxyl groups excluding tert-OH is 1. The second-order valence-electron chi connectivity index (χ2n) is 5.42. The van der Waals surface area contributed by atoms with Crippen LogP contribution in [0.2, 0.25) is 0 Å². The van der Waals surface area contributed by atoms with Gasteiger partial charge >= 0.3 is 0 Å². The topological polar surface area (TPSA) is 81.3 Å². The molecule has 0 fully saturated rings. The first-order valence-corrected chi connectivity index (χ1v) is 8.82. The average Bonchev–Trinajstić information content (AvgIpc) is 2.83. The molecular formula is C14H19N3O2S2. The largest absolute Gasteiger partial charge is 0.396 e. The van der Waals surface area contributed by atoms with E-state index in [1.54, 1.807) is 11.3 Å². The molecule has 114 valence electrons. The third kappa shape index (κ3) is 2.75. The van der Waals surface area contributed by atoms with Gasteiger partial charge in [-0.1, -0.05) is 18.7 Å².